The van der Waals surface area contributed by atoms with Crippen molar-refractivity contribution >= 4 is 17.6 Å². The van der Waals surface area contributed by atoms with Crippen molar-refractivity contribution in [1.29, 1.82) is 0 Å². The first kappa shape index (κ1) is 23.7. The van der Waals surface area contributed by atoms with Crippen LogP contribution in [0, 0.1) is 5.92 Å². The van der Waals surface area contributed by atoms with Gasteiger partial charge in [0.25, 0.3) is 0 Å². The third kappa shape index (κ3) is 7.03. The summed E-state index contributed by atoms with van der Waals surface area (Å²) in [7, 11) is 0. The highest BCUT2D eigenvalue weighted by Gasteiger charge is 2.30. The van der Waals surface area contributed by atoms with Crippen LogP contribution in [0.3, 0.4) is 0 Å². The number of carbonyl (C=O) groups is 3. The number of nitrogens with two attached hydrogens (primary N) is 2. The van der Waals surface area contributed by atoms with Crippen LogP contribution in [0.2, 0.25) is 0 Å². The molecule has 0 aliphatic rings. The van der Waals surface area contributed by atoms with Crippen molar-refractivity contribution in [2.75, 3.05) is 13.1 Å². The topological polar surface area (TPSA) is 148 Å². The summed E-state index contributed by atoms with van der Waals surface area (Å²) in [4.78, 5) is 37.1. The molecule has 8 heteroatoms. The molecule has 0 saturated heterocycles. The van der Waals surface area contributed by atoms with Crippen molar-refractivity contribution in [3.8, 4) is 0 Å². The van der Waals surface area contributed by atoms with Gasteiger partial charge >= 0.3 is 0 Å². The summed E-state index contributed by atoms with van der Waals surface area (Å²) in [5, 5.41) is 15.0. The second-order valence-electron chi connectivity index (χ2n) is 7.19. The molecular weight excluding hydrogens is 360 g/mol. The van der Waals surface area contributed by atoms with Gasteiger partial charge < -0.3 is 27.2 Å². The van der Waals surface area contributed by atoms with Gasteiger partial charge in [0.1, 0.15) is 6.04 Å². The Hall–Kier alpha value is -2.29. The maximum Gasteiger partial charge on any atom is 0.245 e. The maximum atomic E-state index is 12.5. The first-order valence-electron chi connectivity index (χ1n) is 9.47. The van der Waals surface area contributed by atoms with Crippen molar-refractivity contribution in [2.45, 2.75) is 51.3 Å². The van der Waals surface area contributed by atoms with E-state index in [9.17, 15) is 19.5 Å². The third-order valence-electron chi connectivity index (χ3n) is 4.53. The van der Waals surface area contributed by atoms with Gasteiger partial charge in [-0.3, -0.25) is 14.4 Å². The summed E-state index contributed by atoms with van der Waals surface area (Å²) < 4.78 is 0. The Balaban J connectivity index is 2.78. The minimum Gasteiger partial charge on any atom is -0.391 e. The Morgan fingerprint density at radius 2 is 1.61 bits per heavy atom. The summed E-state index contributed by atoms with van der Waals surface area (Å²) in [5.41, 5.74) is 12.3. The lowest BCUT2D eigenvalue weighted by Crippen LogP contribution is -2.57. The summed E-state index contributed by atoms with van der Waals surface area (Å²) in [6.07, 6.45) is -1.08. The second-order valence-corrected chi connectivity index (χ2v) is 7.19. The van der Waals surface area contributed by atoms with Gasteiger partial charge in [-0.25, -0.2) is 0 Å². The van der Waals surface area contributed by atoms with Crippen molar-refractivity contribution in [3.05, 3.63) is 35.9 Å². The van der Waals surface area contributed by atoms with Crippen LogP contribution < -0.4 is 22.1 Å². The van der Waals surface area contributed by atoms with Crippen molar-refractivity contribution in [2.24, 2.45) is 17.4 Å². The van der Waals surface area contributed by atoms with E-state index in [2.05, 4.69) is 10.6 Å². The van der Waals surface area contributed by atoms with Gasteiger partial charge in [0.2, 0.25) is 11.8 Å². The van der Waals surface area contributed by atoms with Crippen LogP contribution in [0.1, 0.15) is 38.7 Å². The molecule has 2 unspecified atom stereocenters. The van der Waals surface area contributed by atoms with E-state index in [0.29, 0.717) is 0 Å². The lowest BCUT2D eigenvalue weighted by molar-refractivity contribution is -0.134. The van der Waals surface area contributed by atoms with Crippen molar-refractivity contribution < 1.29 is 19.5 Å². The average Bonchev–Trinajstić information content (AvgIpc) is 2.67. The molecule has 0 fully saturated rings. The molecule has 0 bridgehead atoms. The molecule has 1 aromatic carbocycles. The summed E-state index contributed by atoms with van der Waals surface area (Å²) in [5.74, 6) is -1.79. The molecule has 0 radical (unpaired) electrons. The van der Waals surface area contributed by atoms with Crippen LogP contribution in [0.4, 0.5) is 0 Å². The molecule has 28 heavy (non-hydrogen) atoms. The molecule has 0 saturated carbocycles. The summed E-state index contributed by atoms with van der Waals surface area (Å²) in [6.45, 7) is 5.01. The molecule has 0 heterocycles. The molecule has 1 aromatic rings. The van der Waals surface area contributed by atoms with E-state index in [0.717, 1.165) is 5.56 Å². The molecule has 0 aromatic heterocycles. The Bertz CT molecular complexity index is 649. The van der Waals surface area contributed by atoms with E-state index in [1.807, 2.05) is 30.3 Å². The van der Waals surface area contributed by atoms with Crippen LogP contribution in [0.25, 0.3) is 0 Å². The number of aliphatic hydroxyl groups excluding tert-OH is 1. The van der Waals surface area contributed by atoms with E-state index in [1.165, 1.54) is 6.92 Å². The van der Waals surface area contributed by atoms with Gasteiger partial charge in [0, 0.05) is 24.8 Å². The fraction of sp³-hybridized carbons (Fsp3) is 0.550. The predicted octanol–water partition coefficient (Wildman–Crippen LogP) is -0.347. The smallest absolute Gasteiger partial charge is 0.245 e. The highest BCUT2D eigenvalue weighted by molar-refractivity contribution is 5.94. The van der Waals surface area contributed by atoms with Crippen LogP contribution >= 0.6 is 0 Å². The van der Waals surface area contributed by atoms with Gasteiger partial charge in [-0.15, -0.1) is 0 Å². The Labute approximate surface area is 166 Å². The Morgan fingerprint density at radius 3 is 2.07 bits per heavy atom. The molecule has 2 amide bonds. The van der Waals surface area contributed by atoms with Gasteiger partial charge in [-0.05, 0) is 19.0 Å². The Kier molecular flexibility index (Phi) is 9.78. The monoisotopic (exact) mass is 392 g/mol. The van der Waals surface area contributed by atoms with Crippen molar-refractivity contribution in [3.63, 3.8) is 0 Å². The SMILES string of the molecule is CC(C)C(=O)[C@H](CN)NC(=O)[C@@H](NC(=O)CC(CN)c1ccccc1)C(C)O. The van der Waals surface area contributed by atoms with E-state index in [1.54, 1.807) is 13.8 Å². The fourth-order valence-electron chi connectivity index (χ4n) is 2.83. The van der Waals surface area contributed by atoms with Crippen LogP contribution in [0.15, 0.2) is 30.3 Å². The molecule has 1 rings (SSSR count). The number of nitrogens with one attached hydrogen (secondary N) is 2. The quantitative estimate of drug-likeness (QED) is 0.348. The average molecular weight is 393 g/mol. The van der Waals surface area contributed by atoms with E-state index in [-0.39, 0.29) is 37.1 Å². The number of Topliss-reactive ketones (excluding diaryl/α,β-unsaturated/α-hetero) is 1. The van der Waals surface area contributed by atoms with E-state index >= 15 is 0 Å². The minimum atomic E-state index is -1.20. The first-order valence-corrected chi connectivity index (χ1v) is 9.47. The number of benzene rings is 1. The zero-order valence-electron chi connectivity index (χ0n) is 16.7. The summed E-state index contributed by atoms with van der Waals surface area (Å²) in [6, 6.07) is 7.29. The highest BCUT2D eigenvalue weighted by Crippen LogP contribution is 2.18. The largest absolute Gasteiger partial charge is 0.391 e. The molecule has 156 valence electrons. The van der Waals surface area contributed by atoms with E-state index in [4.69, 9.17) is 11.5 Å². The van der Waals surface area contributed by atoms with Gasteiger partial charge in [-0.1, -0.05) is 44.2 Å². The number of rotatable bonds is 11. The molecule has 0 spiro atoms. The molecular formula is C20H32N4O4. The number of carbonyl (C=O) groups excluding carboxylic acids is 3. The number of ketones is 1. The standard InChI is InChI=1S/C20H32N4O4/c1-12(2)19(27)16(11-22)23-20(28)18(13(3)25)24-17(26)9-15(10-21)14-7-5-4-6-8-14/h4-8,12-13,15-16,18,25H,9-11,21-22H2,1-3H3,(H,23,28)(H,24,26)/t13?,15?,16-,18-/m0/s1. The number of hydrogen-bond donors (Lipinski definition) is 5. The number of aliphatic hydroxyl groups is 1. The first-order chi connectivity index (χ1) is 13.2. The Morgan fingerprint density at radius 1 is 1.00 bits per heavy atom. The predicted molar refractivity (Wildman–Crippen MR) is 107 cm³/mol. The molecule has 7 N–H and O–H groups in total. The lowest BCUT2D eigenvalue weighted by Gasteiger charge is -2.25. The summed E-state index contributed by atoms with van der Waals surface area (Å²) >= 11 is 0. The normalized spacial score (nSPS) is 15.4. The molecule has 8 nitrogen and oxygen atoms in total. The highest BCUT2D eigenvalue weighted by atomic mass is 16.3. The maximum absolute atomic E-state index is 12.5. The minimum absolute atomic E-state index is 0.0630. The van der Waals surface area contributed by atoms with Crippen LogP contribution in [-0.4, -0.2) is 54.0 Å². The fourth-order valence-corrected chi connectivity index (χ4v) is 2.83. The van der Waals surface area contributed by atoms with Crippen molar-refractivity contribution in [1.82, 2.24) is 10.6 Å². The second kappa shape index (κ2) is 11.5. The third-order valence-corrected chi connectivity index (χ3v) is 4.53. The molecule has 0 aliphatic carbocycles. The lowest BCUT2D eigenvalue weighted by atomic mass is 9.95. The van der Waals surface area contributed by atoms with E-state index < -0.39 is 30.0 Å². The van der Waals surface area contributed by atoms with Gasteiger partial charge in [0.15, 0.2) is 5.78 Å². The number of hydrogen-bond acceptors (Lipinski definition) is 6. The molecule has 4 atom stereocenters. The molecule has 0 aliphatic heterocycles. The van der Waals surface area contributed by atoms with Crippen LogP contribution in [-0.2, 0) is 14.4 Å². The van der Waals surface area contributed by atoms with Gasteiger partial charge in [-0.2, -0.15) is 0 Å². The zero-order valence-corrected chi connectivity index (χ0v) is 16.7. The zero-order chi connectivity index (χ0) is 21.3. The number of amides is 2. The van der Waals surface area contributed by atoms with Crippen LogP contribution in [0.5, 0.6) is 0 Å². The van der Waals surface area contributed by atoms with Gasteiger partial charge in [0.05, 0.1) is 12.1 Å².